The molecule has 1 aliphatic carbocycles. The molecule has 3 rings (SSSR count). The predicted molar refractivity (Wildman–Crippen MR) is 72.8 cm³/mol. The van der Waals surface area contributed by atoms with Crippen LogP contribution in [0.1, 0.15) is 58.8 Å². The van der Waals surface area contributed by atoms with Crippen molar-refractivity contribution in [2.45, 2.75) is 64.3 Å². The Balaban J connectivity index is 1.94. The van der Waals surface area contributed by atoms with Crippen LogP contribution >= 0.6 is 0 Å². The first kappa shape index (κ1) is 11.8. The van der Waals surface area contributed by atoms with Crippen LogP contribution < -0.4 is 0 Å². The molecule has 96 valence electrons. The van der Waals surface area contributed by atoms with Crippen molar-refractivity contribution in [3.63, 3.8) is 0 Å². The standard InChI is InChI=1S/C16H28N/c1-4-6-13-11-16(2)15-8-5-7-14(15)9-10-17(16,3)12-13/h13H,4-12H2,1-3H3/q+1/t13-,16-,17?/m1/s1. The molecule has 2 aliphatic heterocycles. The molecule has 1 fully saturated rings. The minimum atomic E-state index is 0.518. The second-order valence-corrected chi connectivity index (χ2v) is 7.12. The third-order valence-electron chi connectivity index (χ3n) is 6.13. The molecule has 3 atom stereocenters. The fourth-order valence-electron chi connectivity index (χ4n) is 5.12. The van der Waals surface area contributed by atoms with Crippen molar-refractivity contribution in [1.82, 2.24) is 0 Å². The zero-order valence-corrected chi connectivity index (χ0v) is 11.9. The van der Waals surface area contributed by atoms with Crippen LogP contribution in [0.3, 0.4) is 0 Å². The molecular weight excluding hydrogens is 206 g/mol. The van der Waals surface area contributed by atoms with E-state index in [1.165, 1.54) is 62.5 Å². The van der Waals surface area contributed by atoms with E-state index in [-0.39, 0.29) is 0 Å². The lowest BCUT2D eigenvalue weighted by atomic mass is 9.79. The van der Waals surface area contributed by atoms with E-state index < -0.39 is 0 Å². The Hall–Kier alpha value is -0.300. The minimum Gasteiger partial charge on any atom is -0.317 e. The summed E-state index contributed by atoms with van der Waals surface area (Å²) in [5, 5.41) is 0. The third-order valence-corrected chi connectivity index (χ3v) is 6.13. The Morgan fingerprint density at radius 2 is 2.12 bits per heavy atom. The van der Waals surface area contributed by atoms with Gasteiger partial charge in [0.15, 0.2) is 0 Å². The summed E-state index contributed by atoms with van der Waals surface area (Å²) >= 11 is 0. The normalized spacial score (nSPS) is 45.0. The summed E-state index contributed by atoms with van der Waals surface area (Å²) in [6.45, 7) is 7.79. The second-order valence-electron chi connectivity index (χ2n) is 7.12. The molecule has 0 spiro atoms. The minimum absolute atomic E-state index is 0.518. The largest absolute Gasteiger partial charge is 0.317 e. The zero-order valence-electron chi connectivity index (χ0n) is 11.9. The molecule has 17 heavy (non-hydrogen) atoms. The highest BCUT2D eigenvalue weighted by Gasteiger charge is 2.57. The number of nitrogens with zero attached hydrogens (tertiary/aromatic N) is 1. The van der Waals surface area contributed by atoms with Crippen molar-refractivity contribution >= 4 is 0 Å². The molecule has 1 heteroatoms. The topological polar surface area (TPSA) is 0 Å². The van der Waals surface area contributed by atoms with Gasteiger partial charge in [-0.2, -0.15) is 0 Å². The lowest BCUT2D eigenvalue weighted by Crippen LogP contribution is -2.59. The summed E-state index contributed by atoms with van der Waals surface area (Å²) in [6, 6.07) is 0. The van der Waals surface area contributed by atoms with E-state index in [4.69, 9.17) is 0 Å². The van der Waals surface area contributed by atoms with Crippen molar-refractivity contribution in [2.75, 3.05) is 20.1 Å². The maximum atomic E-state index is 2.59. The van der Waals surface area contributed by atoms with Gasteiger partial charge in [0.2, 0.25) is 0 Å². The quantitative estimate of drug-likeness (QED) is 0.502. The number of rotatable bonds is 2. The highest BCUT2D eigenvalue weighted by Crippen LogP contribution is 2.53. The molecule has 1 nitrogen and oxygen atoms in total. The van der Waals surface area contributed by atoms with E-state index in [0.29, 0.717) is 5.54 Å². The summed E-state index contributed by atoms with van der Waals surface area (Å²) < 4.78 is 1.36. The van der Waals surface area contributed by atoms with Crippen LogP contribution in [0.15, 0.2) is 11.1 Å². The van der Waals surface area contributed by atoms with Crippen LogP contribution in [-0.4, -0.2) is 30.2 Å². The first-order chi connectivity index (χ1) is 8.09. The first-order valence-electron chi connectivity index (χ1n) is 7.65. The van der Waals surface area contributed by atoms with Gasteiger partial charge in [-0.15, -0.1) is 0 Å². The molecule has 1 saturated heterocycles. The van der Waals surface area contributed by atoms with Gasteiger partial charge in [-0.3, -0.25) is 0 Å². The van der Waals surface area contributed by atoms with Crippen LogP contribution in [0.4, 0.5) is 0 Å². The van der Waals surface area contributed by atoms with E-state index in [0.717, 1.165) is 5.92 Å². The molecule has 0 N–H and O–H groups in total. The van der Waals surface area contributed by atoms with Gasteiger partial charge >= 0.3 is 0 Å². The smallest absolute Gasteiger partial charge is 0.118 e. The van der Waals surface area contributed by atoms with Gasteiger partial charge in [0.05, 0.1) is 20.1 Å². The fourth-order valence-corrected chi connectivity index (χ4v) is 5.12. The maximum absolute atomic E-state index is 2.59. The molecule has 0 amide bonds. The van der Waals surface area contributed by atoms with E-state index in [2.05, 4.69) is 20.9 Å². The van der Waals surface area contributed by atoms with Gasteiger partial charge in [-0.1, -0.05) is 18.9 Å². The van der Waals surface area contributed by atoms with E-state index in [1.807, 2.05) is 11.1 Å². The average Bonchev–Trinajstić information content (AvgIpc) is 2.82. The van der Waals surface area contributed by atoms with Crippen LogP contribution in [-0.2, 0) is 0 Å². The van der Waals surface area contributed by atoms with E-state index in [9.17, 15) is 0 Å². The molecule has 1 unspecified atom stereocenters. The van der Waals surface area contributed by atoms with Gasteiger partial charge < -0.3 is 4.48 Å². The average molecular weight is 234 g/mol. The lowest BCUT2D eigenvalue weighted by molar-refractivity contribution is -0.941. The molecule has 0 aromatic rings. The highest BCUT2D eigenvalue weighted by molar-refractivity contribution is 5.31. The Labute approximate surface area is 106 Å². The van der Waals surface area contributed by atoms with Crippen molar-refractivity contribution in [3.8, 4) is 0 Å². The number of fused-ring (bicyclic) bond motifs is 2. The summed E-state index contributed by atoms with van der Waals surface area (Å²) in [7, 11) is 2.54. The number of quaternary nitrogens is 1. The molecule has 0 bridgehead atoms. The number of hydrogen-bond donors (Lipinski definition) is 0. The van der Waals surface area contributed by atoms with Crippen molar-refractivity contribution < 1.29 is 4.48 Å². The van der Waals surface area contributed by atoms with Gasteiger partial charge in [0.1, 0.15) is 5.54 Å². The molecule has 0 aromatic carbocycles. The second kappa shape index (κ2) is 3.85. The SMILES string of the molecule is CCC[C@@H]1C[C@]2(C)C3=C(CCC3)CC[N+]2(C)C1. The first-order valence-corrected chi connectivity index (χ1v) is 7.65. The predicted octanol–water partition coefficient (Wildman–Crippen LogP) is 3.90. The summed E-state index contributed by atoms with van der Waals surface area (Å²) in [5.74, 6) is 0.988. The Kier molecular flexibility index (Phi) is 2.66. The molecule has 0 radical (unpaired) electrons. The zero-order chi connectivity index (χ0) is 12.1. The van der Waals surface area contributed by atoms with Crippen molar-refractivity contribution in [2.24, 2.45) is 5.92 Å². The van der Waals surface area contributed by atoms with Crippen LogP contribution in [0.25, 0.3) is 0 Å². The number of hydrogen-bond acceptors (Lipinski definition) is 0. The highest BCUT2D eigenvalue weighted by atomic mass is 15.4. The monoisotopic (exact) mass is 234 g/mol. The van der Waals surface area contributed by atoms with Crippen molar-refractivity contribution in [3.05, 3.63) is 11.1 Å². The summed E-state index contributed by atoms with van der Waals surface area (Å²) in [6.07, 6.45) is 9.97. The van der Waals surface area contributed by atoms with Crippen LogP contribution in [0.5, 0.6) is 0 Å². The molecule has 3 aliphatic rings. The fraction of sp³-hybridized carbons (Fsp3) is 0.875. The third kappa shape index (κ3) is 1.54. The van der Waals surface area contributed by atoms with Crippen molar-refractivity contribution in [1.29, 1.82) is 0 Å². The Bertz CT molecular complexity index is 357. The Morgan fingerprint density at radius 1 is 1.29 bits per heavy atom. The summed E-state index contributed by atoms with van der Waals surface area (Å²) in [4.78, 5) is 0. The molecular formula is C16H28N+. The van der Waals surface area contributed by atoms with Gasteiger partial charge in [0.25, 0.3) is 0 Å². The maximum Gasteiger partial charge on any atom is 0.118 e. The van der Waals surface area contributed by atoms with Crippen LogP contribution in [0.2, 0.25) is 0 Å². The van der Waals surface area contributed by atoms with Gasteiger partial charge in [-0.25, -0.2) is 0 Å². The lowest BCUT2D eigenvalue weighted by Gasteiger charge is -2.48. The Morgan fingerprint density at radius 3 is 2.88 bits per heavy atom. The van der Waals surface area contributed by atoms with E-state index >= 15 is 0 Å². The molecule has 0 saturated carbocycles. The summed E-state index contributed by atoms with van der Waals surface area (Å²) in [5.41, 5.74) is 4.27. The van der Waals surface area contributed by atoms with Gasteiger partial charge in [-0.05, 0) is 38.2 Å². The molecule has 0 aromatic heterocycles. The molecule has 2 heterocycles. The number of likely N-dealkylation sites (N-methyl/N-ethyl adjacent to an activating group) is 1. The van der Waals surface area contributed by atoms with Gasteiger partial charge in [0, 0.05) is 18.8 Å². The van der Waals surface area contributed by atoms with Crippen LogP contribution in [0, 0.1) is 5.92 Å². The van der Waals surface area contributed by atoms with E-state index in [1.54, 1.807) is 0 Å².